The molecule has 1 aliphatic carbocycles. The minimum absolute atomic E-state index is 0.146. The monoisotopic (exact) mass is 587 g/mol. The van der Waals surface area contributed by atoms with Gasteiger partial charge in [-0.2, -0.15) is 11.8 Å². The number of halogens is 1. The summed E-state index contributed by atoms with van der Waals surface area (Å²) in [5.74, 6) is 0.220. The van der Waals surface area contributed by atoms with Gasteiger partial charge < -0.3 is 20.3 Å². The number of anilines is 1. The second kappa shape index (κ2) is 13.3. The molecule has 9 heteroatoms. The third-order valence-electron chi connectivity index (χ3n) is 7.22. The maximum atomic E-state index is 14.4. The Morgan fingerprint density at radius 1 is 1.10 bits per heavy atom. The number of nitrogens with one attached hydrogen (secondary N) is 2. The second-order valence-electron chi connectivity index (χ2n) is 11.6. The first-order valence-corrected chi connectivity index (χ1v) is 15.4. The molecule has 3 amide bonds. The SMILES string of the molecule is CSCCC(NC(=O)OC(C)(C)C)C(=O)N(C(C(=O)Nc1c(C)cccc1Cl)c1cccc(C)c1C)C1CC1C. The minimum atomic E-state index is -0.921. The molecule has 7 nitrogen and oxygen atoms in total. The van der Waals surface area contributed by atoms with E-state index in [1.807, 2.05) is 57.4 Å². The van der Waals surface area contributed by atoms with Gasteiger partial charge in [0.15, 0.2) is 0 Å². The van der Waals surface area contributed by atoms with E-state index in [-0.39, 0.29) is 23.8 Å². The highest BCUT2D eigenvalue weighted by Gasteiger charge is 2.48. The number of carbonyl (C=O) groups excluding carboxylic acids is 3. The van der Waals surface area contributed by atoms with Gasteiger partial charge in [0.2, 0.25) is 5.91 Å². The van der Waals surface area contributed by atoms with Crippen molar-refractivity contribution in [3.63, 3.8) is 0 Å². The minimum Gasteiger partial charge on any atom is -0.444 e. The van der Waals surface area contributed by atoms with Crippen molar-refractivity contribution in [2.45, 2.75) is 85.0 Å². The summed E-state index contributed by atoms with van der Waals surface area (Å²) in [6.07, 6.45) is 2.47. The van der Waals surface area contributed by atoms with Crippen molar-refractivity contribution in [1.82, 2.24) is 10.2 Å². The molecule has 0 radical (unpaired) electrons. The molecule has 4 atom stereocenters. The Labute approximate surface area is 247 Å². The van der Waals surface area contributed by atoms with Crippen molar-refractivity contribution in [2.75, 3.05) is 17.3 Å². The van der Waals surface area contributed by atoms with Crippen LogP contribution in [0.15, 0.2) is 36.4 Å². The number of hydrogen-bond donors (Lipinski definition) is 2. The average Bonchev–Trinajstić information content (AvgIpc) is 3.58. The lowest BCUT2D eigenvalue weighted by Gasteiger charge is -2.36. The van der Waals surface area contributed by atoms with E-state index in [1.54, 1.807) is 43.5 Å². The van der Waals surface area contributed by atoms with Crippen LogP contribution in [-0.2, 0) is 14.3 Å². The van der Waals surface area contributed by atoms with Crippen molar-refractivity contribution in [3.8, 4) is 0 Å². The number of carbonyl (C=O) groups is 3. The number of para-hydroxylation sites is 1. The van der Waals surface area contributed by atoms with Gasteiger partial charge in [-0.15, -0.1) is 0 Å². The molecule has 4 unspecified atom stereocenters. The van der Waals surface area contributed by atoms with Crippen molar-refractivity contribution in [2.24, 2.45) is 5.92 Å². The number of alkyl carbamates (subject to hydrolysis) is 1. The predicted molar refractivity (Wildman–Crippen MR) is 164 cm³/mol. The zero-order valence-corrected chi connectivity index (χ0v) is 26.3. The number of ether oxygens (including phenoxy) is 1. The molecule has 0 heterocycles. The number of aryl methyl sites for hydroxylation is 2. The zero-order valence-electron chi connectivity index (χ0n) is 24.8. The summed E-state index contributed by atoms with van der Waals surface area (Å²) in [6, 6.07) is 9.31. The lowest BCUT2D eigenvalue weighted by Crippen LogP contribution is -2.53. The van der Waals surface area contributed by atoms with Gasteiger partial charge in [0, 0.05) is 6.04 Å². The molecule has 3 rings (SSSR count). The summed E-state index contributed by atoms with van der Waals surface area (Å²) >= 11 is 8.07. The Morgan fingerprint density at radius 2 is 1.73 bits per heavy atom. The van der Waals surface area contributed by atoms with E-state index in [0.29, 0.717) is 22.9 Å². The summed E-state index contributed by atoms with van der Waals surface area (Å²) < 4.78 is 5.49. The third-order valence-corrected chi connectivity index (χ3v) is 8.18. The quantitative estimate of drug-likeness (QED) is 0.318. The molecule has 2 aromatic carbocycles. The first kappa shape index (κ1) is 31.8. The van der Waals surface area contributed by atoms with Gasteiger partial charge in [0.1, 0.15) is 17.7 Å². The lowest BCUT2D eigenvalue weighted by molar-refractivity contribution is -0.141. The number of benzene rings is 2. The highest BCUT2D eigenvalue weighted by atomic mass is 35.5. The van der Waals surface area contributed by atoms with Crippen molar-refractivity contribution in [1.29, 1.82) is 0 Å². The standard InChI is InChI=1S/C31H42ClN3O4S/c1-18-11-9-13-22(21(18)4)27(28(36)34-26-19(2)12-10-14-23(26)32)35(25-17-20(25)3)29(37)24(15-16-40-8)33-30(38)39-31(5,6)7/h9-14,20,24-25,27H,15-17H2,1-8H3,(H,33,38)(H,34,36). The maximum absolute atomic E-state index is 14.4. The van der Waals surface area contributed by atoms with Crippen LogP contribution in [0.25, 0.3) is 0 Å². The topological polar surface area (TPSA) is 87.7 Å². The van der Waals surface area contributed by atoms with E-state index < -0.39 is 23.8 Å². The zero-order chi connectivity index (χ0) is 29.8. The molecule has 0 aromatic heterocycles. The number of amides is 3. The highest BCUT2D eigenvalue weighted by Crippen LogP contribution is 2.42. The molecule has 1 aliphatic rings. The van der Waals surface area contributed by atoms with Gasteiger partial charge in [0.25, 0.3) is 5.91 Å². The van der Waals surface area contributed by atoms with Crippen LogP contribution in [0.1, 0.15) is 68.8 Å². The molecule has 0 spiro atoms. The summed E-state index contributed by atoms with van der Waals surface area (Å²) in [4.78, 5) is 43.1. The fraction of sp³-hybridized carbons (Fsp3) is 0.516. The highest BCUT2D eigenvalue weighted by molar-refractivity contribution is 7.98. The Kier molecular flexibility index (Phi) is 10.6. The Bertz CT molecular complexity index is 1230. The van der Waals surface area contributed by atoms with Crippen LogP contribution >= 0.6 is 23.4 Å². The summed E-state index contributed by atoms with van der Waals surface area (Å²) in [5.41, 5.74) is 3.33. The van der Waals surface area contributed by atoms with Crippen LogP contribution in [0, 0.1) is 26.7 Å². The molecule has 2 N–H and O–H groups in total. The lowest BCUT2D eigenvalue weighted by atomic mass is 9.94. The van der Waals surface area contributed by atoms with Crippen LogP contribution in [0.4, 0.5) is 10.5 Å². The van der Waals surface area contributed by atoms with Crippen LogP contribution < -0.4 is 10.6 Å². The second-order valence-corrected chi connectivity index (χ2v) is 13.0. The first-order valence-electron chi connectivity index (χ1n) is 13.7. The van der Waals surface area contributed by atoms with E-state index in [4.69, 9.17) is 16.3 Å². The largest absolute Gasteiger partial charge is 0.444 e. The first-order chi connectivity index (χ1) is 18.7. The van der Waals surface area contributed by atoms with E-state index in [2.05, 4.69) is 17.6 Å². The molecule has 218 valence electrons. The fourth-order valence-corrected chi connectivity index (χ4v) is 5.50. The van der Waals surface area contributed by atoms with E-state index >= 15 is 0 Å². The molecule has 0 saturated heterocycles. The summed E-state index contributed by atoms with van der Waals surface area (Å²) in [5, 5.41) is 6.26. The Morgan fingerprint density at radius 3 is 2.30 bits per heavy atom. The number of hydrogen-bond acceptors (Lipinski definition) is 5. The molecule has 40 heavy (non-hydrogen) atoms. The number of rotatable bonds is 10. The van der Waals surface area contributed by atoms with Crippen LogP contribution in [0.2, 0.25) is 5.02 Å². The molecule has 0 bridgehead atoms. The Hall–Kier alpha value is -2.71. The fourth-order valence-electron chi connectivity index (χ4n) is 4.76. The van der Waals surface area contributed by atoms with E-state index in [9.17, 15) is 14.4 Å². The van der Waals surface area contributed by atoms with Gasteiger partial charge in [-0.1, -0.05) is 48.9 Å². The van der Waals surface area contributed by atoms with Crippen molar-refractivity contribution >= 4 is 47.0 Å². The molecular formula is C31H42ClN3O4S. The van der Waals surface area contributed by atoms with Gasteiger partial charge in [0.05, 0.1) is 10.7 Å². The Balaban J connectivity index is 2.09. The van der Waals surface area contributed by atoms with Crippen LogP contribution in [-0.4, -0.2) is 52.5 Å². The number of thioether (sulfide) groups is 1. The van der Waals surface area contributed by atoms with Gasteiger partial charge >= 0.3 is 6.09 Å². The molecule has 0 aliphatic heterocycles. The van der Waals surface area contributed by atoms with Gasteiger partial charge in [-0.25, -0.2) is 4.79 Å². The van der Waals surface area contributed by atoms with Gasteiger partial charge in [-0.3, -0.25) is 9.59 Å². The maximum Gasteiger partial charge on any atom is 0.408 e. The van der Waals surface area contributed by atoms with Crippen LogP contribution in [0.5, 0.6) is 0 Å². The summed E-state index contributed by atoms with van der Waals surface area (Å²) in [6.45, 7) is 13.2. The van der Waals surface area contributed by atoms with Crippen molar-refractivity contribution < 1.29 is 19.1 Å². The van der Waals surface area contributed by atoms with Crippen LogP contribution in [0.3, 0.4) is 0 Å². The van der Waals surface area contributed by atoms with Gasteiger partial charge in [-0.05, 0) is 101 Å². The molecule has 1 fully saturated rings. The number of nitrogens with zero attached hydrogens (tertiary/aromatic N) is 1. The molecule has 1 saturated carbocycles. The predicted octanol–water partition coefficient (Wildman–Crippen LogP) is 6.83. The van der Waals surface area contributed by atoms with E-state index in [1.165, 1.54) is 0 Å². The molecular weight excluding hydrogens is 546 g/mol. The third kappa shape index (κ3) is 7.94. The van der Waals surface area contributed by atoms with E-state index in [0.717, 1.165) is 28.7 Å². The normalized spacial score (nSPS) is 17.9. The van der Waals surface area contributed by atoms with Crippen molar-refractivity contribution in [3.05, 3.63) is 63.7 Å². The smallest absolute Gasteiger partial charge is 0.408 e. The summed E-state index contributed by atoms with van der Waals surface area (Å²) in [7, 11) is 0. The average molecular weight is 588 g/mol. The molecule has 2 aromatic rings.